The van der Waals surface area contributed by atoms with Crippen LogP contribution in [0.4, 0.5) is 0 Å². The Balaban J connectivity index is 4.64. The molecule has 0 aliphatic rings. The van der Waals surface area contributed by atoms with E-state index in [1.807, 2.05) is 6.92 Å². The minimum absolute atomic E-state index is 0.0468. The fourth-order valence-electron chi connectivity index (χ4n) is 2.66. The van der Waals surface area contributed by atoms with Crippen LogP contribution in [0.25, 0.3) is 0 Å². The Hall–Kier alpha value is 0.110. The van der Waals surface area contributed by atoms with Crippen molar-refractivity contribution in [1.82, 2.24) is 0 Å². The van der Waals surface area contributed by atoms with E-state index in [9.17, 15) is 14.4 Å². The standard InChI is InChI=1S/C16H35O4P/c1-5-9-11-14(7-3)13-20-16(21(17,18)19)15(8-4)12-10-6-2/h14-16H,5-13H2,1-4H3,(H2,17,18,19). The molecule has 0 amide bonds. The van der Waals surface area contributed by atoms with Crippen molar-refractivity contribution in [2.45, 2.75) is 84.9 Å². The molecule has 3 atom stereocenters. The van der Waals surface area contributed by atoms with Crippen molar-refractivity contribution in [2.24, 2.45) is 11.8 Å². The van der Waals surface area contributed by atoms with Gasteiger partial charge in [-0.1, -0.05) is 66.2 Å². The van der Waals surface area contributed by atoms with Crippen molar-refractivity contribution in [3.05, 3.63) is 0 Å². The fourth-order valence-corrected chi connectivity index (χ4v) is 3.84. The lowest BCUT2D eigenvalue weighted by Crippen LogP contribution is -2.26. The highest BCUT2D eigenvalue weighted by atomic mass is 31.2. The molecule has 0 spiro atoms. The second-order valence-corrected chi connectivity index (χ2v) is 7.73. The van der Waals surface area contributed by atoms with E-state index in [2.05, 4.69) is 20.8 Å². The molecule has 3 unspecified atom stereocenters. The summed E-state index contributed by atoms with van der Waals surface area (Å²) in [7, 11) is -4.20. The third-order valence-corrected chi connectivity index (χ3v) is 5.47. The van der Waals surface area contributed by atoms with Crippen LogP contribution >= 0.6 is 7.60 Å². The van der Waals surface area contributed by atoms with E-state index in [4.69, 9.17) is 4.74 Å². The van der Waals surface area contributed by atoms with Gasteiger partial charge in [0, 0.05) is 0 Å². The van der Waals surface area contributed by atoms with Gasteiger partial charge in [0.2, 0.25) is 0 Å². The molecule has 0 aromatic carbocycles. The third kappa shape index (κ3) is 8.97. The van der Waals surface area contributed by atoms with Crippen LogP contribution in [0.15, 0.2) is 0 Å². The average molecular weight is 322 g/mol. The Kier molecular flexibility index (Phi) is 11.7. The first-order valence-corrected chi connectivity index (χ1v) is 10.2. The molecular formula is C16H35O4P. The molecule has 0 fully saturated rings. The molecule has 4 nitrogen and oxygen atoms in total. The molecule has 2 N–H and O–H groups in total. The predicted molar refractivity (Wildman–Crippen MR) is 88.4 cm³/mol. The lowest BCUT2D eigenvalue weighted by Gasteiger charge is -2.28. The number of hydrogen-bond acceptors (Lipinski definition) is 2. The largest absolute Gasteiger partial charge is 0.365 e. The summed E-state index contributed by atoms with van der Waals surface area (Å²) in [5.41, 5.74) is 0. The van der Waals surface area contributed by atoms with Crippen LogP contribution in [0.1, 0.15) is 79.1 Å². The van der Waals surface area contributed by atoms with Gasteiger partial charge in [0.1, 0.15) is 0 Å². The summed E-state index contributed by atoms with van der Waals surface area (Å²) in [5.74, 6) is -0.568. The van der Waals surface area contributed by atoms with E-state index in [0.29, 0.717) is 12.5 Å². The molecular weight excluding hydrogens is 287 g/mol. The maximum absolute atomic E-state index is 11.8. The minimum Gasteiger partial charge on any atom is -0.365 e. The summed E-state index contributed by atoms with van der Waals surface area (Å²) < 4.78 is 17.5. The van der Waals surface area contributed by atoms with E-state index >= 15 is 0 Å². The van der Waals surface area contributed by atoms with Gasteiger partial charge < -0.3 is 14.5 Å². The SMILES string of the molecule is CCCCC(CC)COC(C(CC)CCCC)P(=O)(O)O. The second-order valence-electron chi connectivity index (χ2n) is 6.04. The molecule has 128 valence electrons. The first kappa shape index (κ1) is 21.1. The molecule has 0 aliphatic heterocycles. The zero-order chi connectivity index (χ0) is 16.3. The first-order chi connectivity index (χ1) is 9.90. The summed E-state index contributed by atoms with van der Waals surface area (Å²) >= 11 is 0. The van der Waals surface area contributed by atoms with Gasteiger partial charge in [-0.2, -0.15) is 0 Å². The second kappa shape index (κ2) is 11.6. The van der Waals surface area contributed by atoms with Gasteiger partial charge in [0.05, 0.1) is 6.61 Å². The van der Waals surface area contributed by atoms with E-state index in [-0.39, 0.29) is 5.92 Å². The normalized spacial score (nSPS) is 16.7. The maximum atomic E-state index is 11.8. The van der Waals surface area contributed by atoms with E-state index in [1.54, 1.807) is 0 Å². The topological polar surface area (TPSA) is 66.8 Å². The molecule has 5 heteroatoms. The first-order valence-electron chi connectivity index (χ1n) is 8.57. The number of rotatable bonds is 13. The van der Waals surface area contributed by atoms with Crippen LogP contribution in [0.5, 0.6) is 0 Å². The van der Waals surface area contributed by atoms with Gasteiger partial charge in [0.25, 0.3) is 0 Å². The molecule has 0 bridgehead atoms. The van der Waals surface area contributed by atoms with Crippen molar-refractivity contribution < 1.29 is 19.1 Å². The molecule has 0 aromatic heterocycles. The minimum atomic E-state index is -4.20. The van der Waals surface area contributed by atoms with Crippen LogP contribution in [-0.2, 0) is 9.30 Å². The molecule has 0 radical (unpaired) electrons. The van der Waals surface area contributed by atoms with Crippen molar-refractivity contribution >= 4 is 7.60 Å². The molecule has 0 rings (SSSR count). The maximum Gasteiger partial charge on any atom is 0.354 e. The zero-order valence-corrected chi connectivity index (χ0v) is 15.1. The Labute approximate surface area is 130 Å². The highest BCUT2D eigenvalue weighted by Gasteiger charge is 2.36. The quantitative estimate of drug-likeness (QED) is 0.471. The van der Waals surface area contributed by atoms with Crippen LogP contribution in [0, 0.1) is 11.8 Å². The molecule has 0 aliphatic carbocycles. The Bertz CT molecular complexity index is 290. The lowest BCUT2D eigenvalue weighted by molar-refractivity contribution is 0.0197. The van der Waals surface area contributed by atoms with Crippen LogP contribution in [-0.4, -0.2) is 22.2 Å². The van der Waals surface area contributed by atoms with Gasteiger partial charge in [-0.05, 0) is 24.7 Å². The van der Waals surface area contributed by atoms with Gasteiger partial charge in [0.15, 0.2) is 5.85 Å². The summed E-state index contributed by atoms with van der Waals surface area (Å²) in [4.78, 5) is 19.3. The van der Waals surface area contributed by atoms with E-state index in [0.717, 1.165) is 51.4 Å². The summed E-state index contributed by atoms with van der Waals surface area (Å²) in [6.07, 6.45) is 7.98. The van der Waals surface area contributed by atoms with Crippen molar-refractivity contribution in [1.29, 1.82) is 0 Å². The molecule has 0 saturated heterocycles. The van der Waals surface area contributed by atoms with Crippen molar-refractivity contribution in [2.75, 3.05) is 6.61 Å². The molecule has 0 aromatic rings. The van der Waals surface area contributed by atoms with Crippen LogP contribution < -0.4 is 0 Å². The average Bonchev–Trinajstić information content (AvgIpc) is 2.44. The predicted octanol–water partition coefficient (Wildman–Crippen LogP) is 4.94. The Morgan fingerprint density at radius 1 is 0.952 bits per heavy atom. The highest BCUT2D eigenvalue weighted by Crippen LogP contribution is 2.48. The monoisotopic (exact) mass is 322 g/mol. The lowest BCUT2D eigenvalue weighted by atomic mass is 9.99. The molecule has 21 heavy (non-hydrogen) atoms. The summed E-state index contributed by atoms with van der Waals surface area (Å²) in [5, 5.41) is 0. The highest BCUT2D eigenvalue weighted by molar-refractivity contribution is 7.52. The van der Waals surface area contributed by atoms with Crippen molar-refractivity contribution in [3.63, 3.8) is 0 Å². The van der Waals surface area contributed by atoms with E-state index in [1.165, 1.54) is 0 Å². The zero-order valence-electron chi connectivity index (χ0n) is 14.3. The number of ether oxygens (including phenoxy) is 1. The molecule has 0 saturated carbocycles. The van der Waals surface area contributed by atoms with Crippen LogP contribution in [0.3, 0.4) is 0 Å². The summed E-state index contributed by atoms with van der Waals surface area (Å²) in [6.45, 7) is 8.82. The smallest absolute Gasteiger partial charge is 0.354 e. The van der Waals surface area contributed by atoms with Gasteiger partial charge >= 0.3 is 7.60 Å². The van der Waals surface area contributed by atoms with Gasteiger partial charge in [-0.25, -0.2) is 0 Å². The number of unbranched alkanes of at least 4 members (excludes halogenated alkanes) is 2. The summed E-state index contributed by atoms with van der Waals surface area (Å²) in [6, 6.07) is 0. The van der Waals surface area contributed by atoms with Gasteiger partial charge in [-0.15, -0.1) is 0 Å². The number of hydrogen-bond donors (Lipinski definition) is 2. The van der Waals surface area contributed by atoms with Gasteiger partial charge in [-0.3, -0.25) is 4.57 Å². The molecule has 0 heterocycles. The Morgan fingerprint density at radius 2 is 1.52 bits per heavy atom. The van der Waals surface area contributed by atoms with Crippen molar-refractivity contribution in [3.8, 4) is 0 Å². The Morgan fingerprint density at radius 3 is 1.95 bits per heavy atom. The van der Waals surface area contributed by atoms with E-state index < -0.39 is 13.4 Å². The third-order valence-electron chi connectivity index (χ3n) is 4.23. The van der Waals surface area contributed by atoms with Crippen LogP contribution in [0.2, 0.25) is 0 Å². The fraction of sp³-hybridized carbons (Fsp3) is 1.00.